The highest BCUT2D eigenvalue weighted by Crippen LogP contribution is 2.19. The molecule has 2 aromatic rings. The molecule has 6 nitrogen and oxygen atoms in total. The van der Waals surface area contributed by atoms with Crippen LogP contribution in [0, 0.1) is 0 Å². The van der Waals surface area contributed by atoms with Crippen LogP contribution in [-0.2, 0) is 15.7 Å². The number of hydrogen-bond donors (Lipinski definition) is 0. The largest absolute Gasteiger partial charge is 0.485 e. The molecule has 8 heteroatoms. The van der Waals surface area contributed by atoms with Crippen molar-refractivity contribution in [3.8, 4) is 5.75 Å². The number of rotatable bonds is 5. The van der Waals surface area contributed by atoms with E-state index in [-0.39, 0.29) is 17.4 Å². The second-order valence-electron chi connectivity index (χ2n) is 4.40. The fourth-order valence-electron chi connectivity index (χ4n) is 1.41. The van der Waals surface area contributed by atoms with Gasteiger partial charge in [0.15, 0.2) is 6.61 Å². The van der Waals surface area contributed by atoms with Crippen molar-refractivity contribution < 1.29 is 17.7 Å². The first kappa shape index (κ1) is 14.8. The molecule has 1 heterocycles. The zero-order valence-corrected chi connectivity index (χ0v) is 12.5. The molecule has 0 saturated carbocycles. The minimum atomic E-state index is -3.72. The lowest BCUT2D eigenvalue weighted by atomic mass is 10.2. The number of aromatic nitrogens is 2. The summed E-state index contributed by atoms with van der Waals surface area (Å²) < 4.78 is 32.6. The molecule has 0 bridgehead atoms. The Labute approximate surface area is 121 Å². The van der Waals surface area contributed by atoms with Gasteiger partial charge in [0, 0.05) is 16.6 Å². The van der Waals surface area contributed by atoms with Crippen LogP contribution in [0.3, 0.4) is 0 Å². The summed E-state index contributed by atoms with van der Waals surface area (Å²) in [4.78, 5) is 4.18. The van der Waals surface area contributed by atoms with Crippen LogP contribution in [0.1, 0.15) is 31.5 Å². The molecule has 2 rings (SSSR count). The molecule has 0 aliphatic heterocycles. The molecule has 0 spiro atoms. The summed E-state index contributed by atoms with van der Waals surface area (Å²) in [5.41, 5.74) is 0. The van der Waals surface area contributed by atoms with E-state index in [1.54, 1.807) is 0 Å². The van der Waals surface area contributed by atoms with Crippen molar-refractivity contribution in [3.05, 3.63) is 36.0 Å². The molecule has 0 aliphatic rings. The van der Waals surface area contributed by atoms with Crippen molar-refractivity contribution >= 4 is 19.7 Å². The Morgan fingerprint density at radius 2 is 1.95 bits per heavy atom. The van der Waals surface area contributed by atoms with E-state index in [1.165, 1.54) is 24.3 Å². The molecule has 108 valence electrons. The van der Waals surface area contributed by atoms with Crippen molar-refractivity contribution in [1.29, 1.82) is 0 Å². The highest BCUT2D eigenvalue weighted by molar-refractivity contribution is 8.13. The van der Waals surface area contributed by atoms with Crippen LogP contribution in [0.25, 0.3) is 0 Å². The van der Waals surface area contributed by atoms with Crippen molar-refractivity contribution in [2.24, 2.45) is 0 Å². The van der Waals surface area contributed by atoms with E-state index >= 15 is 0 Å². The fraction of sp³-hybridized carbons (Fsp3) is 0.333. The molecule has 1 aromatic carbocycles. The summed E-state index contributed by atoms with van der Waals surface area (Å²) >= 11 is 0. The summed E-state index contributed by atoms with van der Waals surface area (Å²) in [5, 5.41) is 3.78. The Morgan fingerprint density at radius 3 is 2.45 bits per heavy atom. The second-order valence-corrected chi connectivity index (χ2v) is 6.97. The van der Waals surface area contributed by atoms with E-state index in [9.17, 15) is 8.42 Å². The molecule has 0 atom stereocenters. The van der Waals surface area contributed by atoms with Gasteiger partial charge in [-0.2, -0.15) is 4.98 Å². The topological polar surface area (TPSA) is 82.3 Å². The fourth-order valence-corrected chi connectivity index (χ4v) is 2.18. The van der Waals surface area contributed by atoms with Gasteiger partial charge in [-0.05, 0) is 24.3 Å². The first-order valence-corrected chi connectivity index (χ1v) is 8.17. The van der Waals surface area contributed by atoms with Gasteiger partial charge in [0.25, 0.3) is 9.05 Å². The maximum absolute atomic E-state index is 11.1. The average Bonchev–Trinajstić information content (AvgIpc) is 2.85. The number of nitrogens with zero attached hydrogens (tertiary/aromatic N) is 2. The summed E-state index contributed by atoms with van der Waals surface area (Å²) in [6, 6.07) is 5.76. The molecule has 0 radical (unpaired) electrons. The smallest absolute Gasteiger partial charge is 0.261 e. The quantitative estimate of drug-likeness (QED) is 0.789. The lowest BCUT2D eigenvalue weighted by Crippen LogP contribution is -1.98. The van der Waals surface area contributed by atoms with Gasteiger partial charge in [-0.25, -0.2) is 8.42 Å². The Hall–Kier alpha value is -1.60. The highest BCUT2D eigenvalue weighted by Gasteiger charge is 2.11. The third-order valence-electron chi connectivity index (χ3n) is 2.45. The van der Waals surface area contributed by atoms with Crippen molar-refractivity contribution in [1.82, 2.24) is 10.1 Å². The molecule has 1 aromatic heterocycles. The van der Waals surface area contributed by atoms with E-state index < -0.39 is 9.05 Å². The number of ether oxygens (including phenoxy) is 1. The van der Waals surface area contributed by atoms with Crippen LogP contribution in [0.15, 0.2) is 33.7 Å². The minimum absolute atomic E-state index is 0.0215. The molecule has 0 fully saturated rings. The van der Waals surface area contributed by atoms with Crippen LogP contribution in [0.4, 0.5) is 0 Å². The predicted octanol–water partition coefficient (Wildman–Crippen LogP) is 2.70. The zero-order valence-electron chi connectivity index (χ0n) is 10.9. The van der Waals surface area contributed by atoms with Crippen LogP contribution in [0.5, 0.6) is 5.75 Å². The van der Waals surface area contributed by atoms with Gasteiger partial charge in [0.05, 0.1) is 4.90 Å². The van der Waals surface area contributed by atoms with Gasteiger partial charge in [-0.3, -0.25) is 0 Å². The van der Waals surface area contributed by atoms with Gasteiger partial charge in [-0.15, -0.1) is 0 Å². The summed E-state index contributed by atoms with van der Waals surface area (Å²) in [6.45, 7) is 4.04. The first-order chi connectivity index (χ1) is 9.36. The van der Waals surface area contributed by atoms with Gasteiger partial charge >= 0.3 is 0 Å². The third kappa shape index (κ3) is 3.71. The van der Waals surface area contributed by atoms with E-state index in [2.05, 4.69) is 10.1 Å². The normalized spacial score (nSPS) is 11.8. The predicted molar refractivity (Wildman–Crippen MR) is 72.2 cm³/mol. The lowest BCUT2D eigenvalue weighted by Gasteiger charge is -2.03. The van der Waals surface area contributed by atoms with Crippen molar-refractivity contribution in [2.75, 3.05) is 0 Å². The molecule has 0 saturated heterocycles. The highest BCUT2D eigenvalue weighted by atomic mass is 35.7. The van der Waals surface area contributed by atoms with Crippen LogP contribution in [-0.4, -0.2) is 18.6 Å². The summed E-state index contributed by atoms with van der Waals surface area (Å²) in [5.74, 6) is 1.63. The van der Waals surface area contributed by atoms with Crippen LogP contribution >= 0.6 is 10.7 Å². The Kier molecular flexibility index (Phi) is 4.29. The molecule has 0 N–H and O–H groups in total. The summed E-state index contributed by atoms with van der Waals surface area (Å²) in [7, 11) is 1.50. The van der Waals surface area contributed by atoms with E-state index in [4.69, 9.17) is 19.9 Å². The molecular weight excluding hydrogens is 304 g/mol. The Bertz CT molecular complexity index is 680. The molecule has 20 heavy (non-hydrogen) atoms. The molecule has 0 unspecified atom stereocenters. The SMILES string of the molecule is CC(C)c1nc(COc2ccc(S(=O)(=O)Cl)cc2)no1. The number of hydrogen-bond acceptors (Lipinski definition) is 6. The molecule has 0 aliphatic carbocycles. The van der Waals surface area contributed by atoms with E-state index in [1.807, 2.05) is 13.8 Å². The molecular formula is C12H13ClN2O4S. The standard InChI is InChI=1S/C12H13ClN2O4S/c1-8(2)12-14-11(15-19-12)7-18-9-3-5-10(6-4-9)20(13,16)17/h3-6,8H,7H2,1-2H3. The zero-order chi connectivity index (χ0) is 14.8. The van der Waals surface area contributed by atoms with E-state index in [0.29, 0.717) is 17.5 Å². The van der Waals surface area contributed by atoms with Gasteiger partial charge in [0.2, 0.25) is 11.7 Å². The maximum atomic E-state index is 11.1. The van der Waals surface area contributed by atoms with Gasteiger partial charge in [-0.1, -0.05) is 19.0 Å². The Balaban J connectivity index is 2.00. The van der Waals surface area contributed by atoms with Gasteiger partial charge < -0.3 is 9.26 Å². The summed E-state index contributed by atoms with van der Waals surface area (Å²) in [6.07, 6.45) is 0. The van der Waals surface area contributed by atoms with Crippen LogP contribution in [0.2, 0.25) is 0 Å². The second kappa shape index (κ2) is 5.80. The number of halogens is 1. The van der Waals surface area contributed by atoms with Crippen molar-refractivity contribution in [2.45, 2.75) is 31.3 Å². The van der Waals surface area contributed by atoms with E-state index in [0.717, 1.165) is 0 Å². The third-order valence-corrected chi connectivity index (χ3v) is 3.82. The monoisotopic (exact) mass is 316 g/mol. The van der Waals surface area contributed by atoms with Crippen molar-refractivity contribution in [3.63, 3.8) is 0 Å². The minimum Gasteiger partial charge on any atom is -0.485 e. The first-order valence-electron chi connectivity index (χ1n) is 5.86. The number of benzene rings is 1. The van der Waals surface area contributed by atoms with Gasteiger partial charge in [0.1, 0.15) is 5.75 Å². The van der Waals surface area contributed by atoms with Crippen LogP contribution < -0.4 is 4.74 Å². The Morgan fingerprint density at radius 1 is 1.30 bits per heavy atom. The average molecular weight is 317 g/mol. The molecule has 0 amide bonds. The lowest BCUT2D eigenvalue weighted by molar-refractivity contribution is 0.284. The maximum Gasteiger partial charge on any atom is 0.261 e.